The second-order valence-electron chi connectivity index (χ2n) is 5.68. The minimum absolute atomic E-state index is 0.343. The Balaban J connectivity index is 2.05. The molecule has 0 saturated carbocycles. The first kappa shape index (κ1) is 16.7. The van der Waals surface area contributed by atoms with E-state index in [9.17, 15) is 9.59 Å². The number of nitrogens with one attached hydrogen (secondary N) is 1. The molecule has 2 aromatic rings. The molecular weight excluding hydrogens is 290 g/mol. The molecule has 0 spiro atoms. The second kappa shape index (κ2) is 7.09. The van der Waals surface area contributed by atoms with E-state index in [0.29, 0.717) is 5.56 Å². The molecule has 0 aliphatic rings. The molecule has 1 atom stereocenters. The third kappa shape index (κ3) is 4.19. The molecule has 0 fully saturated rings. The average Bonchev–Trinajstić information content (AvgIpc) is 2.51. The highest BCUT2D eigenvalue weighted by atomic mass is 16.5. The van der Waals surface area contributed by atoms with Crippen LogP contribution < -0.4 is 5.32 Å². The Labute approximate surface area is 136 Å². The normalized spacial score (nSPS) is 11.7. The lowest BCUT2D eigenvalue weighted by Crippen LogP contribution is -2.30. The molecule has 4 heteroatoms. The molecule has 0 aliphatic carbocycles. The van der Waals surface area contributed by atoms with E-state index in [1.54, 1.807) is 31.2 Å². The third-order valence-corrected chi connectivity index (χ3v) is 3.59. The second-order valence-corrected chi connectivity index (χ2v) is 5.68. The van der Waals surface area contributed by atoms with Crippen molar-refractivity contribution in [3.63, 3.8) is 0 Å². The number of rotatable bonds is 4. The average molecular weight is 311 g/mol. The zero-order valence-corrected chi connectivity index (χ0v) is 13.8. The first-order valence-electron chi connectivity index (χ1n) is 7.53. The van der Waals surface area contributed by atoms with Crippen molar-refractivity contribution < 1.29 is 14.3 Å². The summed E-state index contributed by atoms with van der Waals surface area (Å²) in [4.78, 5) is 24.3. The van der Waals surface area contributed by atoms with Gasteiger partial charge in [-0.15, -0.1) is 0 Å². The molecule has 120 valence electrons. The van der Waals surface area contributed by atoms with Crippen LogP contribution >= 0.6 is 0 Å². The van der Waals surface area contributed by atoms with Crippen LogP contribution in [0.3, 0.4) is 0 Å². The van der Waals surface area contributed by atoms with Crippen LogP contribution in [0.2, 0.25) is 0 Å². The summed E-state index contributed by atoms with van der Waals surface area (Å²) >= 11 is 0. The van der Waals surface area contributed by atoms with Gasteiger partial charge in [0, 0.05) is 5.69 Å². The van der Waals surface area contributed by atoms with Crippen molar-refractivity contribution in [2.45, 2.75) is 33.8 Å². The van der Waals surface area contributed by atoms with Gasteiger partial charge in [-0.25, -0.2) is 4.79 Å². The molecule has 0 radical (unpaired) electrons. The van der Waals surface area contributed by atoms with Gasteiger partial charge in [0.15, 0.2) is 6.10 Å². The molecule has 2 rings (SSSR count). The summed E-state index contributed by atoms with van der Waals surface area (Å²) in [7, 11) is 0. The Bertz CT molecular complexity index is 700. The fourth-order valence-corrected chi connectivity index (χ4v) is 2.46. The van der Waals surface area contributed by atoms with Gasteiger partial charge in [-0.1, -0.05) is 35.9 Å². The molecule has 0 heterocycles. The van der Waals surface area contributed by atoms with Crippen molar-refractivity contribution in [2.75, 3.05) is 5.32 Å². The summed E-state index contributed by atoms with van der Waals surface area (Å²) < 4.78 is 5.22. The largest absolute Gasteiger partial charge is 0.449 e. The van der Waals surface area contributed by atoms with E-state index in [1.165, 1.54) is 0 Å². The third-order valence-electron chi connectivity index (χ3n) is 3.59. The van der Waals surface area contributed by atoms with Crippen LogP contribution in [0, 0.1) is 20.8 Å². The first-order chi connectivity index (χ1) is 10.9. The monoisotopic (exact) mass is 311 g/mol. The number of benzene rings is 2. The lowest BCUT2D eigenvalue weighted by molar-refractivity contribution is -0.123. The van der Waals surface area contributed by atoms with Gasteiger partial charge in [0.05, 0.1) is 5.56 Å². The smallest absolute Gasteiger partial charge is 0.338 e. The quantitative estimate of drug-likeness (QED) is 0.874. The Morgan fingerprint density at radius 2 is 1.57 bits per heavy atom. The number of aryl methyl sites for hydroxylation is 3. The maximum atomic E-state index is 12.3. The van der Waals surface area contributed by atoms with Gasteiger partial charge in [0.25, 0.3) is 5.91 Å². The van der Waals surface area contributed by atoms with E-state index < -0.39 is 12.1 Å². The van der Waals surface area contributed by atoms with E-state index in [1.807, 2.05) is 39.0 Å². The maximum absolute atomic E-state index is 12.3. The molecule has 1 N–H and O–H groups in total. The molecule has 0 unspecified atom stereocenters. The molecular formula is C19H21NO3. The summed E-state index contributed by atoms with van der Waals surface area (Å²) in [5, 5.41) is 2.85. The fourth-order valence-electron chi connectivity index (χ4n) is 2.46. The van der Waals surface area contributed by atoms with Crippen LogP contribution in [-0.2, 0) is 9.53 Å². The van der Waals surface area contributed by atoms with Gasteiger partial charge in [-0.3, -0.25) is 4.79 Å². The van der Waals surface area contributed by atoms with Crippen LogP contribution in [0.1, 0.15) is 34.0 Å². The van der Waals surface area contributed by atoms with E-state index in [-0.39, 0.29) is 5.91 Å². The number of ether oxygens (including phenoxy) is 1. The van der Waals surface area contributed by atoms with Gasteiger partial charge in [0.2, 0.25) is 0 Å². The standard InChI is InChI=1S/C19H21NO3/c1-12-10-13(2)17(14(3)11-12)20-18(21)15(4)23-19(22)16-8-6-5-7-9-16/h5-11,15H,1-4H3,(H,20,21)/t15-/m1/s1. The minimum atomic E-state index is -0.872. The number of amides is 1. The highest BCUT2D eigenvalue weighted by Crippen LogP contribution is 2.22. The highest BCUT2D eigenvalue weighted by molar-refractivity contribution is 5.98. The summed E-state index contributed by atoms with van der Waals surface area (Å²) in [6.07, 6.45) is -0.872. The maximum Gasteiger partial charge on any atom is 0.338 e. The number of esters is 1. The van der Waals surface area contributed by atoms with Gasteiger partial charge < -0.3 is 10.1 Å². The summed E-state index contributed by atoms with van der Waals surface area (Å²) in [6.45, 7) is 7.46. The zero-order valence-electron chi connectivity index (χ0n) is 13.8. The Kier molecular flexibility index (Phi) is 5.16. The topological polar surface area (TPSA) is 55.4 Å². The molecule has 0 aromatic heterocycles. The Hall–Kier alpha value is -2.62. The molecule has 23 heavy (non-hydrogen) atoms. The van der Waals surface area contributed by atoms with E-state index in [0.717, 1.165) is 22.4 Å². The van der Waals surface area contributed by atoms with Crippen molar-refractivity contribution in [3.8, 4) is 0 Å². The molecule has 0 aliphatic heterocycles. The predicted octanol–water partition coefficient (Wildman–Crippen LogP) is 3.80. The molecule has 1 amide bonds. The SMILES string of the molecule is Cc1cc(C)c(NC(=O)[C@@H](C)OC(=O)c2ccccc2)c(C)c1. The summed E-state index contributed by atoms with van der Waals surface area (Å²) in [6, 6.07) is 12.6. The van der Waals surface area contributed by atoms with Crippen LogP contribution in [-0.4, -0.2) is 18.0 Å². The lowest BCUT2D eigenvalue weighted by Gasteiger charge is -2.17. The fraction of sp³-hybridized carbons (Fsp3) is 0.263. The van der Waals surface area contributed by atoms with Gasteiger partial charge >= 0.3 is 5.97 Å². The Morgan fingerprint density at radius 3 is 2.13 bits per heavy atom. The number of anilines is 1. The van der Waals surface area contributed by atoms with Crippen LogP contribution in [0.4, 0.5) is 5.69 Å². The minimum Gasteiger partial charge on any atom is -0.449 e. The van der Waals surface area contributed by atoms with Crippen LogP contribution in [0.5, 0.6) is 0 Å². The summed E-state index contributed by atoms with van der Waals surface area (Å²) in [5.74, 6) is -0.852. The molecule has 0 bridgehead atoms. The number of carbonyl (C=O) groups is 2. The van der Waals surface area contributed by atoms with E-state index in [4.69, 9.17) is 4.74 Å². The number of hydrogen-bond acceptors (Lipinski definition) is 3. The number of hydrogen-bond donors (Lipinski definition) is 1. The molecule has 0 saturated heterocycles. The summed E-state index contributed by atoms with van der Waals surface area (Å²) in [5.41, 5.74) is 4.30. The first-order valence-corrected chi connectivity index (χ1v) is 7.53. The van der Waals surface area contributed by atoms with Crippen LogP contribution in [0.25, 0.3) is 0 Å². The van der Waals surface area contributed by atoms with Crippen molar-refractivity contribution in [3.05, 3.63) is 64.7 Å². The van der Waals surface area contributed by atoms with Crippen molar-refractivity contribution in [1.82, 2.24) is 0 Å². The van der Waals surface area contributed by atoms with Crippen molar-refractivity contribution in [2.24, 2.45) is 0 Å². The van der Waals surface area contributed by atoms with Gasteiger partial charge in [0.1, 0.15) is 0 Å². The molecule has 4 nitrogen and oxygen atoms in total. The Morgan fingerprint density at radius 1 is 1.00 bits per heavy atom. The van der Waals surface area contributed by atoms with Crippen LogP contribution in [0.15, 0.2) is 42.5 Å². The lowest BCUT2D eigenvalue weighted by atomic mass is 10.0. The zero-order chi connectivity index (χ0) is 17.0. The molecule has 2 aromatic carbocycles. The van der Waals surface area contributed by atoms with Crippen molar-refractivity contribution in [1.29, 1.82) is 0 Å². The van der Waals surface area contributed by atoms with E-state index in [2.05, 4.69) is 5.32 Å². The highest BCUT2D eigenvalue weighted by Gasteiger charge is 2.20. The van der Waals surface area contributed by atoms with E-state index >= 15 is 0 Å². The van der Waals surface area contributed by atoms with Gasteiger partial charge in [-0.2, -0.15) is 0 Å². The van der Waals surface area contributed by atoms with Crippen molar-refractivity contribution >= 4 is 17.6 Å². The number of carbonyl (C=O) groups excluding carboxylic acids is 2. The van der Waals surface area contributed by atoms with Gasteiger partial charge in [-0.05, 0) is 51.0 Å². The predicted molar refractivity (Wildman–Crippen MR) is 90.6 cm³/mol.